The van der Waals surface area contributed by atoms with Crippen molar-refractivity contribution in [3.05, 3.63) is 35.4 Å². The predicted molar refractivity (Wildman–Crippen MR) is 90.0 cm³/mol. The molecular formula is C16H13N5O2S. The number of nitrogens with zero attached hydrogens (tertiary/aromatic N) is 3. The quantitative estimate of drug-likeness (QED) is 0.790. The standard InChI is InChI=1S/C16H13N5O2S/c1-23-10-4-2-9(3-5-10)14-11(6-17)15(20)21-16(12(14)7-18)24-8-13(19)22/h2-5H,8H2,1H3,(H2,19,22)(H2,20,21). The normalized spacial score (nSPS) is 9.79. The minimum absolute atomic E-state index is 0.00529. The van der Waals surface area contributed by atoms with E-state index in [1.807, 2.05) is 12.1 Å². The van der Waals surface area contributed by atoms with Crippen molar-refractivity contribution >= 4 is 23.5 Å². The lowest BCUT2D eigenvalue weighted by Gasteiger charge is -2.13. The number of nitrogen functional groups attached to an aromatic ring is 1. The number of hydrogen-bond acceptors (Lipinski definition) is 7. The average Bonchev–Trinajstić information content (AvgIpc) is 2.59. The van der Waals surface area contributed by atoms with Crippen LogP contribution in [0.2, 0.25) is 0 Å². The zero-order valence-electron chi connectivity index (χ0n) is 12.7. The number of nitriles is 2. The van der Waals surface area contributed by atoms with Crippen LogP contribution in [0.3, 0.4) is 0 Å². The maximum absolute atomic E-state index is 11.0. The van der Waals surface area contributed by atoms with Crippen LogP contribution in [0.1, 0.15) is 11.1 Å². The van der Waals surface area contributed by atoms with Gasteiger partial charge in [0.15, 0.2) is 0 Å². The van der Waals surface area contributed by atoms with Gasteiger partial charge in [-0.3, -0.25) is 4.79 Å². The minimum Gasteiger partial charge on any atom is -0.497 e. The third kappa shape index (κ3) is 3.40. The Hall–Kier alpha value is -3.23. The van der Waals surface area contributed by atoms with E-state index in [1.165, 1.54) is 0 Å². The number of methoxy groups -OCH3 is 1. The molecule has 0 bridgehead atoms. The number of nitrogens with two attached hydrogens (primary N) is 2. The van der Waals surface area contributed by atoms with Crippen molar-refractivity contribution in [3.8, 4) is 29.0 Å². The molecule has 4 N–H and O–H groups in total. The second-order valence-corrected chi connectivity index (χ2v) is 5.60. The van der Waals surface area contributed by atoms with Gasteiger partial charge in [-0.15, -0.1) is 0 Å². The Morgan fingerprint density at radius 1 is 1.25 bits per heavy atom. The van der Waals surface area contributed by atoms with Gasteiger partial charge in [0.2, 0.25) is 5.91 Å². The number of carbonyl (C=O) groups is 1. The fourth-order valence-electron chi connectivity index (χ4n) is 2.09. The molecule has 0 saturated carbocycles. The van der Waals surface area contributed by atoms with Crippen molar-refractivity contribution in [3.63, 3.8) is 0 Å². The van der Waals surface area contributed by atoms with Crippen molar-refractivity contribution in [2.75, 3.05) is 18.6 Å². The highest BCUT2D eigenvalue weighted by atomic mass is 32.2. The topological polar surface area (TPSA) is 139 Å². The van der Waals surface area contributed by atoms with Crippen molar-refractivity contribution in [2.24, 2.45) is 5.73 Å². The number of hydrogen-bond donors (Lipinski definition) is 2. The molecule has 0 unspecified atom stereocenters. The lowest BCUT2D eigenvalue weighted by atomic mass is 9.97. The number of primary amides is 1. The Morgan fingerprint density at radius 2 is 1.88 bits per heavy atom. The first-order valence-corrected chi connectivity index (χ1v) is 7.69. The fourth-order valence-corrected chi connectivity index (χ4v) is 2.82. The zero-order chi connectivity index (χ0) is 17.7. The molecule has 2 aromatic rings. The number of pyridine rings is 1. The van der Waals surface area contributed by atoms with Crippen LogP contribution in [0.4, 0.5) is 5.82 Å². The van der Waals surface area contributed by atoms with Crippen molar-refractivity contribution in [2.45, 2.75) is 5.03 Å². The van der Waals surface area contributed by atoms with Gasteiger partial charge < -0.3 is 16.2 Å². The molecule has 1 heterocycles. The Morgan fingerprint density at radius 3 is 2.38 bits per heavy atom. The molecule has 7 nitrogen and oxygen atoms in total. The highest BCUT2D eigenvalue weighted by Crippen LogP contribution is 2.36. The van der Waals surface area contributed by atoms with E-state index in [4.69, 9.17) is 16.2 Å². The van der Waals surface area contributed by atoms with Gasteiger partial charge in [-0.1, -0.05) is 23.9 Å². The summed E-state index contributed by atoms with van der Waals surface area (Å²) in [5, 5.41) is 19.2. The van der Waals surface area contributed by atoms with Gasteiger partial charge in [-0.2, -0.15) is 10.5 Å². The second-order valence-electron chi connectivity index (χ2n) is 4.63. The van der Waals surface area contributed by atoms with Crippen LogP contribution in [-0.4, -0.2) is 23.8 Å². The van der Waals surface area contributed by atoms with Gasteiger partial charge in [0.1, 0.15) is 34.3 Å². The molecule has 0 saturated heterocycles. The van der Waals surface area contributed by atoms with Crippen molar-refractivity contribution in [1.82, 2.24) is 4.98 Å². The summed E-state index contributed by atoms with van der Waals surface area (Å²) in [6, 6.07) is 10.9. The first-order valence-electron chi connectivity index (χ1n) is 6.71. The lowest BCUT2D eigenvalue weighted by molar-refractivity contribution is -0.115. The summed E-state index contributed by atoms with van der Waals surface area (Å²) in [6.45, 7) is 0. The highest BCUT2D eigenvalue weighted by molar-refractivity contribution is 8.00. The molecule has 0 radical (unpaired) electrons. The number of rotatable bonds is 5. The molecule has 2 rings (SSSR count). The van der Waals surface area contributed by atoms with Crippen molar-refractivity contribution < 1.29 is 9.53 Å². The third-order valence-electron chi connectivity index (χ3n) is 3.15. The average molecular weight is 339 g/mol. The molecule has 0 aliphatic rings. The van der Waals surface area contributed by atoms with E-state index in [-0.39, 0.29) is 27.7 Å². The molecule has 0 aliphatic carbocycles. The Balaban J connectivity index is 2.68. The van der Waals surface area contributed by atoms with Crippen LogP contribution in [-0.2, 0) is 4.79 Å². The molecular weight excluding hydrogens is 326 g/mol. The summed E-state index contributed by atoms with van der Waals surface area (Å²) in [5.74, 6) is 0.0461. The van der Waals surface area contributed by atoms with Crippen LogP contribution in [0, 0.1) is 22.7 Å². The summed E-state index contributed by atoms with van der Waals surface area (Å²) in [7, 11) is 1.54. The van der Waals surface area contributed by atoms with Gasteiger partial charge in [0, 0.05) is 5.56 Å². The van der Waals surface area contributed by atoms with E-state index in [2.05, 4.69) is 4.98 Å². The molecule has 0 aliphatic heterocycles. The number of aromatic nitrogens is 1. The molecule has 0 atom stereocenters. The van der Waals surface area contributed by atoms with Crippen LogP contribution in [0.25, 0.3) is 11.1 Å². The Bertz CT molecular complexity index is 866. The summed E-state index contributed by atoms with van der Waals surface area (Å²) in [6.07, 6.45) is 0. The van der Waals surface area contributed by atoms with E-state index >= 15 is 0 Å². The third-order valence-corrected chi connectivity index (χ3v) is 4.14. The van der Waals surface area contributed by atoms with Gasteiger partial charge in [0.05, 0.1) is 18.4 Å². The van der Waals surface area contributed by atoms with Gasteiger partial charge in [-0.25, -0.2) is 4.98 Å². The van der Waals surface area contributed by atoms with Gasteiger partial charge in [-0.05, 0) is 17.7 Å². The maximum atomic E-state index is 11.0. The number of benzene rings is 1. The van der Waals surface area contributed by atoms with Gasteiger partial charge >= 0.3 is 0 Å². The summed E-state index contributed by atoms with van der Waals surface area (Å²) < 4.78 is 5.11. The molecule has 1 aromatic heterocycles. The van der Waals surface area contributed by atoms with Crippen LogP contribution in [0.5, 0.6) is 5.75 Å². The van der Waals surface area contributed by atoms with E-state index in [1.54, 1.807) is 31.4 Å². The molecule has 8 heteroatoms. The molecule has 24 heavy (non-hydrogen) atoms. The Kier molecular flexibility index (Phi) is 5.25. The largest absolute Gasteiger partial charge is 0.497 e. The number of ether oxygens (including phenoxy) is 1. The fraction of sp³-hybridized carbons (Fsp3) is 0.125. The molecule has 120 valence electrons. The van der Waals surface area contributed by atoms with Gasteiger partial charge in [0.25, 0.3) is 0 Å². The monoisotopic (exact) mass is 339 g/mol. The number of anilines is 1. The minimum atomic E-state index is -0.542. The van der Waals surface area contributed by atoms with Crippen LogP contribution >= 0.6 is 11.8 Å². The molecule has 1 aromatic carbocycles. The zero-order valence-corrected chi connectivity index (χ0v) is 13.6. The van der Waals surface area contributed by atoms with Crippen LogP contribution < -0.4 is 16.2 Å². The van der Waals surface area contributed by atoms with Crippen LogP contribution in [0.15, 0.2) is 29.3 Å². The first kappa shape index (κ1) is 17.1. The smallest absolute Gasteiger partial charge is 0.227 e. The maximum Gasteiger partial charge on any atom is 0.227 e. The van der Waals surface area contributed by atoms with E-state index in [0.717, 1.165) is 11.8 Å². The van der Waals surface area contributed by atoms with E-state index < -0.39 is 5.91 Å². The lowest BCUT2D eigenvalue weighted by Crippen LogP contribution is -2.14. The number of amides is 1. The molecule has 0 spiro atoms. The SMILES string of the molecule is COc1ccc(-c2c(C#N)c(N)nc(SCC(N)=O)c2C#N)cc1. The number of carbonyl (C=O) groups excluding carboxylic acids is 1. The summed E-state index contributed by atoms with van der Waals surface area (Å²) in [5.41, 5.74) is 12.3. The first-order chi connectivity index (χ1) is 11.5. The Labute approximate surface area is 142 Å². The van der Waals surface area contributed by atoms with E-state index in [0.29, 0.717) is 16.9 Å². The summed E-state index contributed by atoms with van der Waals surface area (Å²) >= 11 is 1.01. The molecule has 1 amide bonds. The second kappa shape index (κ2) is 7.36. The van der Waals surface area contributed by atoms with Crippen molar-refractivity contribution in [1.29, 1.82) is 10.5 Å². The number of thioether (sulfide) groups is 1. The van der Waals surface area contributed by atoms with E-state index in [9.17, 15) is 15.3 Å². The highest BCUT2D eigenvalue weighted by Gasteiger charge is 2.20. The molecule has 0 fully saturated rings. The summed E-state index contributed by atoms with van der Waals surface area (Å²) in [4.78, 5) is 15.1. The predicted octanol–water partition coefficient (Wildman–Crippen LogP) is 1.66.